The molecule has 2 amide bonds. The normalized spacial score (nSPS) is 11.8. The van der Waals surface area contributed by atoms with E-state index in [1.165, 1.54) is 6.33 Å². The first-order chi connectivity index (χ1) is 9.63. The van der Waals surface area contributed by atoms with Crippen LogP contribution in [0.2, 0.25) is 0 Å². The molecule has 4 N–H and O–H groups in total. The van der Waals surface area contributed by atoms with Crippen molar-refractivity contribution in [1.29, 1.82) is 0 Å². The highest BCUT2D eigenvalue weighted by molar-refractivity contribution is 5.82. The summed E-state index contributed by atoms with van der Waals surface area (Å²) < 4.78 is 0. The van der Waals surface area contributed by atoms with E-state index in [0.717, 1.165) is 18.7 Å². The van der Waals surface area contributed by atoms with E-state index in [4.69, 9.17) is 5.11 Å². The van der Waals surface area contributed by atoms with Crippen molar-refractivity contribution in [1.82, 2.24) is 25.8 Å². The number of H-pyrrole nitrogens is 1. The van der Waals surface area contributed by atoms with E-state index in [2.05, 4.69) is 25.8 Å². The molecule has 0 aliphatic carbocycles. The van der Waals surface area contributed by atoms with Crippen molar-refractivity contribution < 1.29 is 14.7 Å². The zero-order valence-corrected chi connectivity index (χ0v) is 11.6. The van der Waals surface area contributed by atoms with Crippen LogP contribution in [0.3, 0.4) is 0 Å². The molecule has 1 unspecified atom stereocenters. The van der Waals surface area contributed by atoms with Gasteiger partial charge in [0, 0.05) is 13.0 Å². The number of carboxylic acids is 1. The Morgan fingerprint density at radius 3 is 2.85 bits per heavy atom. The molecule has 0 spiro atoms. The Morgan fingerprint density at radius 1 is 1.45 bits per heavy atom. The third-order valence-corrected chi connectivity index (χ3v) is 2.79. The summed E-state index contributed by atoms with van der Waals surface area (Å²) >= 11 is 0. The van der Waals surface area contributed by atoms with Gasteiger partial charge in [0.25, 0.3) is 0 Å². The van der Waals surface area contributed by atoms with Gasteiger partial charge in [-0.25, -0.2) is 14.6 Å². The fraction of sp³-hybridized carbons (Fsp3) is 0.667. The molecule has 0 aliphatic rings. The Morgan fingerprint density at radius 2 is 2.25 bits per heavy atom. The van der Waals surface area contributed by atoms with Gasteiger partial charge in [0.1, 0.15) is 18.2 Å². The maximum atomic E-state index is 11.6. The fourth-order valence-corrected chi connectivity index (χ4v) is 1.68. The molecule has 0 saturated carbocycles. The number of aromatic nitrogens is 3. The SMILES string of the molecule is CCCCC(NC(=O)NCCCc1ncn[nH]1)C(=O)O. The van der Waals surface area contributed by atoms with Crippen LogP contribution in [0.15, 0.2) is 6.33 Å². The number of nitrogens with one attached hydrogen (secondary N) is 3. The highest BCUT2D eigenvalue weighted by atomic mass is 16.4. The number of aryl methyl sites for hydroxylation is 1. The number of aliphatic carboxylic acids is 1. The minimum atomic E-state index is -1.00. The number of rotatable bonds is 9. The molecule has 0 radical (unpaired) electrons. The average Bonchev–Trinajstić information content (AvgIpc) is 2.92. The molecule has 112 valence electrons. The van der Waals surface area contributed by atoms with E-state index in [9.17, 15) is 9.59 Å². The number of carbonyl (C=O) groups is 2. The number of aromatic amines is 1. The van der Waals surface area contributed by atoms with Gasteiger partial charge in [-0.3, -0.25) is 5.10 Å². The van der Waals surface area contributed by atoms with Gasteiger partial charge in [0.15, 0.2) is 0 Å². The monoisotopic (exact) mass is 283 g/mol. The minimum Gasteiger partial charge on any atom is -0.480 e. The predicted octanol–water partition coefficient (Wildman–Crippen LogP) is 0.680. The summed E-state index contributed by atoms with van der Waals surface area (Å²) in [5.74, 6) is -0.242. The topological polar surface area (TPSA) is 120 Å². The van der Waals surface area contributed by atoms with E-state index in [1.54, 1.807) is 0 Å². The largest absolute Gasteiger partial charge is 0.480 e. The standard InChI is InChI=1S/C12H21N5O3/c1-2-3-5-9(11(18)19)16-12(20)13-7-4-6-10-14-8-15-17-10/h8-9H,2-7H2,1H3,(H,18,19)(H2,13,16,20)(H,14,15,17). The van der Waals surface area contributed by atoms with Crippen LogP contribution in [0.1, 0.15) is 38.4 Å². The van der Waals surface area contributed by atoms with Crippen LogP contribution >= 0.6 is 0 Å². The van der Waals surface area contributed by atoms with E-state index in [-0.39, 0.29) is 0 Å². The second-order valence-corrected chi connectivity index (χ2v) is 4.47. The lowest BCUT2D eigenvalue weighted by Gasteiger charge is -2.14. The molecule has 0 saturated heterocycles. The maximum Gasteiger partial charge on any atom is 0.326 e. The zero-order valence-electron chi connectivity index (χ0n) is 11.6. The van der Waals surface area contributed by atoms with Gasteiger partial charge in [-0.1, -0.05) is 19.8 Å². The summed E-state index contributed by atoms with van der Waals surface area (Å²) in [7, 11) is 0. The van der Waals surface area contributed by atoms with Gasteiger partial charge >= 0.3 is 12.0 Å². The van der Waals surface area contributed by atoms with Crippen LogP contribution in [0.25, 0.3) is 0 Å². The van der Waals surface area contributed by atoms with E-state index in [0.29, 0.717) is 25.8 Å². The molecule has 1 aromatic heterocycles. The molecular formula is C12H21N5O3. The van der Waals surface area contributed by atoms with Gasteiger partial charge < -0.3 is 15.7 Å². The van der Waals surface area contributed by atoms with Gasteiger partial charge in [0.05, 0.1) is 0 Å². The molecule has 0 aliphatic heterocycles. The van der Waals surface area contributed by atoms with Crippen molar-refractivity contribution in [3.05, 3.63) is 12.2 Å². The van der Waals surface area contributed by atoms with Crippen molar-refractivity contribution in [2.75, 3.05) is 6.54 Å². The van der Waals surface area contributed by atoms with Crippen LogP contribution in [0.4, 0.5) is 4.79 Å². The molecule has 0 bridgehead atoms. The van der Waals surface area contributed by atoms with E-state index in [1.807, 2.05) is 6.92 Å². The number of urea groups is 1. The molecule has 20 heavy (non-hydrogen) atoms. The van der Waals surface area contributed by atoms with Gasteiger partial charge in [-0.05, 0) is 12.8 Å². The van der Waals surface area contributed by atoms with Crippen molar-refractivity contribution in [2.45, 2.75) is 45.1 Å². The zero-order chi connectivity index (χ0) is 14.8. The maximum absolute atomic E-state index is 11.6. The molecule has 0 fully saturated rings. The second kappa shape index (κ2) is 8.89. The van der Waals surface area contributed by atoms with Gasteiger partial charge in [-0.2, -0.15) is 5.10 Å². The number of carboxylic acid groups (broad SMARTS) is 1. The molecule has 1 rings (SSSR count). The fourth-order valence-electron chi connectivity index (χ4n) is 1.68. The Balaban J connectivity index is 2.18. The molecule has 1 heterocycles. The Kier molecular flexibility index (Phi) is 7.08. The quantitative estimate of drug-likeness (QED) is 0.497. The van der Waals surface area contributed by atoms with Crippen molar-refractivity contribution in [2.24, 2.45) is 0 Å². The van der Waals surface area contributed by atoms with E-state index >= 15 is 0 Å². The van der Waals surface area contributed by atoms with E-state index < -0.39 is 18.0 Å². The third kappa shape index (κ3) is 6.17. The Bertz CT molecular complexity index is 407. The number of amides is 2. The summed E-state index contributed by atoms with van der Waals surface area (Å²) in [6, 6.07) is -1.28. The molecular weight excluding hydrogens is 262 g/mol. The van der Waals surface area contributed by atoms with Crippen LogP contribution < -0.4 is 10.6 Å². The lowest BCUT2D eigenvalue weighted by Crippen LogP contribution is -2.46. The van der Waals surface area contributed by atoms with Crippen molar-refractivity contribution in [3.8, 4) is 0 Å². The summed E-state index contributed by atoms with van der Waals surface area (Å²) in [6.45, 7) is 2.43. The minimum absolute atomic E-state index is 0.442. The van der Waals surface area contributed by atoms with Crippen LogP contribution in [-0.2, 0) is 11.2 Å². The summed E-state index contributed by atoms with van der Waals surface area (Å²) in [5.41, 5.74) is 0. The highest BCUT2D eigenvalue weighted by Crippen LogP contribution is 2.00. The Hall–Kier alpha value is -2.12. The smallest absolute Gasteiger partial charge is 0.326 e. The number of carbonyl (C=O) groups excluding carboxylic acids is 1. The highest BCUT2D eigenvalue weighted by Gasteiger charge is 2.18. The Labute approximate surface area is 117 Å². The molecule has 1 atom stereocenters. The van der Waals surface area contributed by atoms with Crippen LogP contribution in [0, 0.1) is 0 Å². The summed E-state index contributed by atoms with van der Waals surface area (Å²) in [4.78, 5) is 26.5. The van der Waals surface area contributed by atoms with Crippen LogP contribution in [0.5, 0.6) is 0 Å². The molecule has 1 aromatic rings. The molecule has 8 nitrogen and oxygen atoms in total. The van der Waals surface area contributed by atoms with Crippen LogP contribution in [-0.4, -0.2) is 44.9 Å². The lowest BCUT2D eigenvalue weighted by molar-refractivity contribution is -0.139. The van der Waals surface area contributed by atoms with Gasteiger partial charge in [-0.15, -0.1) is 0 Å². The second-order valence-electron chi connectivity index (χ2n) is 4.47. The summed E-state index contributed by atoms with van der Waals surface area (Å²) in [5, 5.41) is 20.5. The third-order valence-electron chi connectivity index (χ3n) is 2.79. The first-order valence-corrected chi connectivity index (χ1v) is 6.75. The number of unbranched alkanes of at least 4 members (excludes halogenated alkanes) is 1. The lowest BCUT2D eigenvalue weighted by atomic mass is 10.1. The van der Waals surface area contributed by atoms with Crippen molar-refractivity contribution in [3.63, 3.8) is 0 Å². The number of hydrogen-bond acceptors (Lipinski definition) is 4. The molecule has 0 aromatic carbocycles. The summed E-state index contributed by atoms with van der Waals surface area (Å²) in [6.07, 6.45) is 4.92. The first kappa shape index (κ1) is 15.9. The first-order valence-electron chi connectivity index (χ1n) is 6.75. The average molecular weight is 283 g/mol. The van der Waals surface area contributed by atoms with Crippen molar-refractivity contribution >= 4 is 12.0 Å². The van der Waals surface area contributed by atoms with Gasteiger partial charge in [0.2, 0.25) is 0 Å². The number of nitrogens with zero attached hydrogens (tertiary/aromatic N) is 2. The predicted molar refractivity (Wildman–Crippen MR) is 72.2 cm³/mol. The molecule has 8 heteroatoms. The number of hydrogen-bond donors (Lipinski definition) is 4.